The highest BCUT2D eigenvalue weighted by Gasteiger charge is 2.00. The molecule has 2 heteroatoms. The standard InChI is InChI=1S/C16H13ClO/c1-12-3-2-4-14(11-12)16(18)10-7-13-5-8-15(17)9-6-13/h2-11H,1H3/b10-7-. The van der Waals surface area contributed by atoms with E-state index >= 15 is 0 Å². The Labute approximate surface area is 112 Å². The molecule has 2 aromatic carbocycles. The van der Waals surface area contributed by atoms with Gasteiger partial charge in [-0.1, -0.05) is 53.6 Å². The van der Waals surface area contributed by atoms with Gasteiger partial charge in [-0.25, -0.2) is 0 Å². The molecule has 1 nitrogen and oxygen atoms in total. The molecule has 0 aliphatic carbocycles. The van der Waals surface area contributed by atoms with Crippen molar-refractivity contribution >= 4 is 23.5 Å². The second-order valence-corrected chi connectivity index (χ2v) is 4.56. The van der Waals surface area contributed by atoms with E-state index in [1.807, 2.05) is 43.3 Å². The number of benzene rings is 2. The lowest BCUT2D eigenvalue weighted by Gasteiger charge is -1.97. The van der Waals surface area contributed by atoms with Crippen molar-refractivity contribution in [2.24, 2.45) is 0 Å². The summed E-state index contributed by atoms with van der Waals surface area (Å²) in [5, 5.41) is 0.692. The van der Waals surface area contributed by atoms with Crippen LogP contribution in [0.1, 0.15) is 21.5 Å². The molecule has 0 aliphatic heterocycles. The Balaban J connectivity index is 2.14. The molecule has 18 heavy (non-hydrogen) atoms. The summed E-state index contributed by atoms with van der Waals surface area (Å²) in [7, 11) is 0. The monoisotopic (exact) mass is 256 g/mol. The van der Waals surface area contributed by atoms with Crippen molar-refractivity contribution in [1.82, 2.24) is 0 Å². The maximum atomic E-state index is 11.9. The van der Waals surface area contributed by atoms with E-state index in [1.54, 1.807) is 24.3 Å². The number of rotatable bonds is 3. The van der Waals surface area contributed by atoms with E-state index in [0.717, 1.165) is 11.1 Å². The van der Waals surface area contributed by atoms with Gasteiger partial charge in [-0.2, -0.15) is 0 Å². The average molecular weight is 257 g/mol. The van der Waals surface area contributed by atoms with Crippen LogP contribution >= 0.6 is 11.6 Å². The zero-order valence-electron chi connectivity index (χ0n) is 10.1. The van der Waals surface area contributed by atoms with Gasteiger partial charge in [0.15, 0.2) is 5.78 Å². The van der Waals surface area contributed by atoms with Crippen molar-refractivity contribution in [2.45, 2.75) is 6.92 Å². The average Bonchev–Trinajstić information content (AvgIpc) is 2.38. The van der Waals surface area contributed by atoms with Gasteiger partial charge in [0, 0.05) is 10.6 Å². The minimum atomic E-state index is 0.00801. The van der Waals surface area contributed by atoms with Gasteiger partial charge in [0.1, 0.15) is 0 Å². The molecule has 0 atom stereocenters. The summed E-state index contributed by atoms with van der Waals surface area (Å²) in [5.41, 5.74) is 2.75. The van der Waals surface area contributed by atoms with Crippen LogP contribution < -0.4 is 0 Å². The van der Waals surface area contributed by atoms with Gasteiger partial charge in [0.25, 0.3) is 0 Å². The summed E-state index contributed by atoms with van der Waals surface area (Å²) < 4.78 is 0. The first-order valence-electron chi connectivity index (χ1n) is 5.70. The molecule has 0 aliphatic rings. The smallest absolute Gasteiger partial charge is 0.185 e. The summed E-state index contributed by atoms with van der Waals surface area (Å²) in [5.74, 6) is 0.00801. The topological polar surface area (TPSA) is 17.1 Å². The lowest BCUT2D eigenvalue weighted by molar-refractivity contribution is 0.104. The molecule has 0 saturated carbocycles. The van der Waals surface area contributed by atoms with Crippen LogP contribution in [0.2, 0.25) is 5.02 Å². The first kappa shape index (κ1) is 12.6. The number of ketones is 1. The van der Waals surface area contributed by atoms with Crippen LogP contribution in [0.4, 0.5) is 0 Å². The minimum absolute atomic E-state index is 0.00801. The van der Waals surface area contributed by atoms with E-state index in [9.17, 15) is 4.79 Å². The zero-order valence-corrected chi connectivity index (χ0v) is 10.8. The summed E-state index contributed by atoms with van der Waals surface area (Å²) in [6, 6.07) is 14.9. The van der Waals surface area contributed by atoms with E-state index in [1.165, 1.54) is 0 Å². The molecule has 0 heterocycles. The summed E-state index contributed by atoms with van der Waals surface area (Å²) in [4.78, 5) is 11.9. The first-order chi connectivity index (χ1) is 8.65. The molecule has 0 radical (unpaired) electrons. The molecule has 90 valence electrons. The van der Waals surface area contributed by atoms with Gasteiger partial charge in [-0.15, -0.1) is 0 Å². The quantitative estimate of drug-likeness (QED) is 0.582. The highest BCUT2D eigenvalue weighted by molar-refractivity contribution is 6.30. The van der Waals surface area contributed by atoms with E-state index in [4.69, 9.17) is 11.6 Å². The molecule has 0 aromatic heterocycles. The second-order valence-electron chi connectivity index (χ2n) is 4.12. The fourth-order valence-corrected chi connectivity index (χ4v) is 1.77. The van der Waals surface area contributed by atoms with Crippen LogP contribution in [0.5, 0.6) is 0 Å². The molecular weight excluding hydrogens is 244 g/mol. The lowest BCUT2D eigenvalue weighted by Crippen LogP contribution is -1.94. The van der Waals surface area contributed by atoms with Crippen LogP contribution in [0.15, 0.2) is 54.6 Å². The molecule has 0 N–H and O–H groups in total. The summed E-state index contributed by atoms with van der Waals surface area (Å²) >= 11 is 5.80. The molecule has 0 fully saturated rings. The Morgan fingerprint density at radius 1 is 1.11 bits per heavy atom. The number of carbonyl (C=O) groups is 1. The molecule has 0 bridgehead atoms. The largest absolute Gasteiger partial charge is 0.289 e. The van der Waals surface area contributed by atoms with Crippen LogP contribution in [0.3, 0.4) is 0 Å². The van der Waals surface area contributed by atoms with Crippen LogP contribution in [0, 0.1) is 6.92 Å². The van der Waals surface area contributed by atoms with E-state index < -0.39 is 0 Å². The van der Waals surface area contributed by atoms with Crippen molar-refractivity contribution in [3.8, 4) is 0 Å². The normalized spacial score (nSPS) is 10.8. The SMILES string of the molecule is Cc1cccc(C(=O)/C=C\c2ccc(Cl)cc2)c1. The lowest BCUT2D eigenvalue weighted by atomic mass is 10.1. The number of allylic oxidation sites excluding steroid dienone is 1. The van der Waals surface area contributed by atoms with Gasteiger partial charge < -0.3 is 0 Å². The van der Waals surface area contributed by atoms with Crippen molar-refractivity contribution in [3.63, 3.8) is 0 Å². The predicted molar refractivity (Wildman–Crippen MR) is 76.0 cm³/mol. The maximum Gasteiger partial charge on any atom is 0.185 e. The number of halogens is 1. The van der Waals surface area contributed by atoms with Gasteiger partial charge in [-0.3, -0.25) is 4.79 Å². The van der Waals surface area contributed by atoms with Crippen LogP contribution in [0.25, 0.3) is 6.08 Å². The van der Waals surface area contributed by atoms with E-state index in [0.29, 0.717) is 10.6 Å². The first-order valence-corrected chi connectivity index (χ1v) is 6.07. The molecule has 0 spiro atoms. The number of aryl methyl sites for hydroxylation is 1. The van der Waals surface area contributed by atoms with Crippen molar-refractivity contribution in [2.75, 3.05) is 0 Å². The van der Waals surface area contributed by atoms with E-state index in [2.05, 4.69) is 0 Å². The fraction of sp³-hybridized carbons (Fsp3) is 0.0625. The van der Waals surface area contributed by atoms with Gasteiger partial charge in [0.05, 0.1) is 0 Å². The fourth-order valence-electron chi connectivity index (χ4n) is 1.64. The molecule has 2 aromatic rings. The number of hydrogen-bond acceptors (Lipinski definition) is 1. The van der Waals surface area contributed by atoms with Crippen molar-refractivity contribution < 1.29 is 4.79 Å². The second kappa shape index (κ2) is 5.65. The van der Waals surface area contributed by atoms with Crippen LogP contribution in [-0.4, -0.2) is 5.78 Å². The highest BCUT2D eigenvalue weighted by atomic mass is 35.5. The number of carbonyl (C=O) groups excluding carboxylic acids is 1. The van der Waals surface area contributed by atoms with Gasteiger partial charge in [-0.05, 0) is 36.8 Å². The molecule has 0 amide bonds. The molecular formula is C16H13ClO. The van der Waals surface area contributed by atoms with Crippen LogP contribution in [-0.2, 0) is 0 Å². The summed E-state index contributed by atoms with van der Waals surface area (Å²) in [6.07, 6.45) is 3.37. The third-order valence-electron chi connectivity index (χ3n) is 2.60. The minimum Gasteiger partial charge on any atom is -0.289 e. The molecule has 0 unspecified atom stereocenters. The zero-order chi connectivity index (χ0) is 13.0. The highest BCUT2D eigenvalue weighted by Crippen LogP contribution is 2.11. The Morgan fingerprint density at radius 2 is 1.83 bits per heavy atom. The van der Waals surface area contributed by atoms with Crippen molar-refractivity contribution in [1.29, 1.82) is 0 Å². The summed E-state index contributed by atoms with van der Waals surface area (Å²) in [6.45, 7) is 1.97. The predicted octanol–water partition coefficient (Wildman–Crippen LogP) is 4.54. The third-order valence-corrected chi connectivity index (χ3v) is 2.85. The van der Waals surface area contributed by atoms with E-state index in [-0.39, 0.29) is 5.78 Å². The third kappa shape index (κ3) is 3.31. The van der Waals surface area contributed by atoms with Gasteiger partial charge in [0.2, 0.25) is 0 Å². The van der Waals surface area contributed by atoms with Gasteiger partial charge >= 0.3 is 0 Å². The Bertz CT molecular complexity index is 582. The maximum absolute atomic E-state index is 11.9. The Morgan fingerprint density at radius 3 is 2.50 bits per heavy atom. The molecule has 2 rings (SSSR count). The molecule has 0 saturated heterocycles. The van der Waals surface area contributed by atoms with Crippen molar-refractivity contribution in [3.05, 3.63) is 76.3 Å². The Hall–Kier alpha value is -1.86. The Kier molecular flexibility index (Phi) is 3.96. The number of hydrogen-bond donors (Lipinski definition) is 0.